The first-order valence-electron chi connectivity index (χ1n) is 10.2. The molecule has 1 fully saturated rings. The Morgan fingerprint density at radius 2 is 1.96 bits per heavy atom. The fourth-order valence-corrected chi connectivity index (χ4v) is 4.43. The van der Waals surface area contributed by atoms with Crippen LogP contribution in [0.5, 0.6) is 0 Å². The van der Waals surface area contributed by atoms with Crippen molar-refractivity contribution in [2.24, 2.45) is 5.92 Å². The summed E-state index contributed by atoms with van der Waals surface area (Å²) in [7, 11) is 0. The summed E-state index contributed by atoms with van der Waals surface area (Å²) in [6.45, 7) is 4.44. The zero-order valence-electron chi connectivity index (χ0n) is 16.9. The molecule has 0 radical (unpaired) electrons. The molecule has 0 unspecified atom stereocenters. The van der Waals surface area contributed by atoms with Gasteiger partial charge in [-0.3, -0.25) is 4.79 Å². The van der Waals surface area contributed by atoms with E-state index in [4.69, 9.17) is 5.84 Å². The van der Waals surface area contributed by atoms with Crippen molar-refractivity contribution in [3.05, 3.63) is 41.2 Å². The van der Waals surface area contributed by atoms with E-state index in [1.165, 1.54) is 49.4 Å². The van der Waals surface area contributed by atoms with Crippen LogP contribution in [0.1, 0.15) is 62.4 Å². The molecule has 1 aliphatic carbocycles. The Labute approximate surface area is 171 Å². The summed E-state index contributed by atoms with van der Waals surface area (Å²) >= 11 is 1.35. The average molecular weight is 402 g/mol. The molecular weight excluding hydrogens is 370 g/mol. The van der Waals surface area contributed by atoms with Gasteiger partial charge in [-0.2, -0.15) is 0 Å². The molecule has 3 N–H and O–H groups in total. The zero-order valence-corrected chi connectivity index (χ0v) is 17.7. The fraction of sp³-hybridized carbons (Fsp3) is 0.571. The van der Waals surface area contributed by atoms with Gasteiger partial charge in [0.15, 0.2) is 5.82 Å². The number of carbonyl (C=O) groups excluding carboxylic acids is 1. The first kappa shape index (κ1) is 20.7. The molecule has 6 nitrogen and oxygen atoms in total. The van der Waals surface area contributed by atoms with Crippen molar-refractivity contribution >= 4 is 17.7 Å². The van der Waals surface area contributed by atoms with Crippen LogP contribution in [0.4, 0.5) is 0 Å². The number of amides is 1. The minimum absolute atomic E-state index is 0.0302. The van der Waals surface area contributed by atoms with E-state index in [1.807, 2.05) is 38.1 Å². The molecule has 152 valence electrons. The highest BCUT2D eigenvalue weighted by Crippen LogP contribution is 2.28. The molecular formula is C21H31N5OS. The van der Waals surface area contributed by atoms with Gasteiger partial charge in [0.25, 0.3) is 0 Å². The van der Waals surface area contributed by atoms with E-state index in [0.717, 1.165) is 30.1 Å². The van der Waals surface area contributed by atoms with Crippen LogP contribution in [0.25, 0.3) is 0 Å². The van der Waals surface area contributed by atoms with Gasteiger partial charge in [-0.15, -0.1) is 10.2 Å². The summed E-state index contributed by atoms with van der Waals surface area (Å²) in [5.41, 5.74) is 2.30. The second kappa shape index (κ2) is 9.96. The summed E-state index contributed by atoms with van der Waals surface area (Å²) in [4.78, 5) is 12.4. The molecule has 1 aromatic heterocycles. The predicted molar refractivity (Wildman–Crippen MR) is 113 cm³/mol. The van der Waals surface area contributed by atoms with Crippen LogP contribution in [0, 0.1) is 12.8 Å². The van der Waals surface area contributed by atoms with Crippen LogP contribution in [-0.4, -0.2) is 26.0 Å². The molecule has 7 heteroatoms. The van der Waals surface area contributed by atoms with Crippen molar-refractivity contribution in [3.8, 4) is 0 Å². The van der Waals surface area contributed by atoms with Crippen molar-refractivity contribution < 1.29 is 4.79 Å². The van der Waals surface area contributed by atoms with Crippen molar-refractivity contribution in [2.75, 3.05) is 5.84 Å². The molecule has 1 aliphatic rings. The molecule has 0 aliphatic heterocycles. The molecule has 0 saturated heterocycles. The van der Waals surface area contributed by atoms with Crippen LogP contribution in [-0.2, 0) is 17.8 Å². The average Bonchev–Trinajstić information content (AvgIpc) is 3.06. The lowest BCUT2D eigenvalue weighted by Crippen LogP contribution is -2.31. The van der Waals surface area contributed by atoms with Crippen molar-refractivity contribution in [3.63, 3.8) is 0 Å². The topological polar surface area (TPSA) is 85.8 Å². The SMILES string of the molecule is Cc1ccc(CNC(=O)[C@H](C)Sc2nnc(CCC3CCCCC3)n2N)cc1. The number of thioether (sulfide) groups is 1. The van der Waals surface area contributed by atoms with Crippen molar-refractivity contribution in [1.29, 1.82) is 0 Å². The monoisotopic (exact) mass is 401 g/mol. The third kappa shape index (κ3) is 5.74. The summed E-state index contributed by atoms with van der Waals surface area (Å²) in [6.07, 6.45) is 8.66. The van der Waals surface area contributed by atoms with Crippen molar-refractivity contribution in [1.82, 2.24) is 20.2 Å². The molecule has 1 saturated carbocycles. The molecule has 1 heterocycles. The standard InChI is InChI=1S/C21H31N5OS/c1-15-8-10-18(11-9-15)14-23-20(27)16(2)28-21-25-24-19(26(21)22)13-12-17-6-4-3-5-7-17/h8-11,16-17H,3-7,12-14,22H2,1-2H3,(H,23,27)/t16-/m0/s1. The number of aromatic nitrogens is 3. The van der Waals surface area contributed by atoms with Gasteiger partial charge in [0, 0.05) is 13.0 Å². The summed E-state index contributed by atoms with van der Waals surface area (Å²) in [5.74, 6) is 7.75. The second-order valence-electron chi connectivity index (χ2n) is 7.77. The van der Waals surface area contributed by atoms with Crippen LogP contribution in [0.15, 0.2) is 29.4 Å². The van der Waals surface area contributed by atoms with Gasteiger partial charge in [-0.05, 0) is 31.7 Å². The number of nitrogen functional groups attached to an aromatic ring is 1. The van der Waals surface area contributed by atoms with Crippen LogP contribution < -0.4 is 11.2 Å². The summed E-state index contributed by atoms with van der Waals surface area (Å²) < 4.78 is 1.55. The molecule has 3 rings (SSSR count). The third-order valence-electron chi connectivity index (χ3n) is 5.47. The lowest BCUT2D eigenvalue weighted by molar-refractivity contribution is -0.120. The highest BCUT2D eigenvalue weighted by molar-refractivity contribution is 8.00. The quantitative estimate of drug-likeness (QED) is 0.521. The highest BCUT2D eigenvalue weighted by Gasteiger charge is 2.20. The maximum absolute atomic E-state index is 12.4. The zero-order chi connectivity index (χ0) is 19.9. The summed E-state index contributed by atoms with van der Waals surface area (Å²) in [5, 5.41) is 11.7. The predicted octanol–water partition coefficient (Wildman–Crippen LogP) is 3.61. The number of hydrogen-bond donors (Lipinski definition) is 2. The van der Waals surface area contributed by atoms with E-state index in [0.29, 0.717) is 11.7 Å². The van der Waals surface area contributed by atoms with E-state index >= 15 is 0 Å². The number of carbonyl (C=O) groups is 1. The van der Waals surface area contributed by atoms with Gasteiger partial charge < -0.3 is 11.2 Å². The maximum atomic E-state index is 12.4. The Morgan fingerprint density at radius 3 is 2.68 bits per heavy atom. The maximum Gasteiger partial charge on any atom is 0.233 e. The van der Waals surface area contributed by atoms with Gasteiger partial charge >= 0.3 is 0 Å². The number of benzene rings is 1. The molecule has 1 aromatic carbocycles. The number of hydrogen-bond acceptors (Lipinski definition) is 5. The smallest absolute Gasteiger partial charge is 0.233 e. The van der Waals surface area contributed by atoms with E-state index < -0.39 is 0 Å². The minimum atomic E-state index is -0.289. The van der Waals surface area contributed by atoms with Gasteiger partial charge in [0.2, 0.25) is 11.1 Å². The highest BCUT2D eigenvalue weighted by atomic mass is 32.2. The van der Waals surface area contributed by atoms with Gasteiger partial charge in [-0.25, -0.2) is 4.68 Å². The molecule has 0 bridgehead atoms. The Morgan fingerprint density at radius 1 is 1.25 bits per heavy atom. The van der Waals surface area contributed by atoms with E-state index in [9.17, 15) is 4.79 Å². The Balaban J connectivity index is 1.47. The number of nitrogens with two attached hydrogens (primary N) is 1. The normalized spacial score (nSPS) is 16.1. The van der Waals surface area contributed by atoms with Crippen molar-refractivity contribution in [2.45, 2.75) is 75.7 Å². The third-order valence-corrected chi connectivity index (χ3v) is 6.53. The van der Waals surface area contributed by atoms with Gasteiger partial charge in [-0.1, -0.05) is 73.7 Å². The van der Waals surface area contributed by atoms with Crippen LogP contribution in [0.3, 0.4) is 0 Å². The fourth-order valence-electron chi connectivity index (χ4n) is 3.62. The Hall–Kier alpha value is -2.02. The Kier molecular flexibility index (Phi) is 7.36. The van der Waals surface area contributed by atoms with Gasteiger partial charge in [0.05, 0.1) is 5.25 Å². The first-order chi connectivity index (χ1) is 13.5. The summed E-state index contributed by atoms with van der Waals surface area (Å²) in [6, 6.07) is 8.15. The van der Waals surface area contributed by atoms with E-state index in [1.54, 1.807) is 4.68 Å². The lowest BCUT2D eigenvalue weighted by atomic mass is 9.86. The minimum Gasteiger partial charge on any atom is -0.351 e. The second-order valence-corrected chi connectivity index (χ2v) is 9.08. The molecule has 28 heavy (non-hydrogen) atoms. The van der Waals surface area contributed by atoms with Gasteiger partial charge in [0.1, 0.15) is 0 Å². The van der Waals surface area contributed by atoms with Crippen LogP contribution >= 0.6 is 11.8 Å². The number of nitrogens with one attached hydrogen (secondary N) is 1. The number of rotatable bonds is 8. The molecule has 2 aromatic rings. The number of aryl methyl sites for hydroxylation is 2. The number of nitrogens with zero attached hydrogens (tertiary/aromatic N) is 3. The molecule has 1 atom stereocenters. The molecule has 1 amide bonds. The van der Waals surface area contributed by atoms with E-state index in [2.05, 4.69) is 15.5 Å². The first-order valence-corrected chi connectivity index (χ1v) is 11.1. The van der Waals surface area contributed by atoms with E-state index in [-0.39, 0.29) is 11.2 Å². The van der Waals surface area contributed by atoms with Crippen LogP contribution in [0.2, 0.25) is 0 Å². The Bertz CT molecular complexity index is 768. The lowest BCUT2D eigenvalue weighted by Gasteiger charge is -2.20. The largest absolute Gasteiger partial charge is 0.351 e. The molecule has 0 spiro atoms.